The lowest BCUT2D eigenvalue weighted by molar-refractivity contribution is -0.137. The number of anilines is 1. The van der Waals surface area contributed by atoms with Gasteiger partial charge in [0.1, 0.15) is 20.8 Å². The van der Waals surface area contributed by atoms with Crippen LogP contribution in [0.25, 0.3) is 6.08 Å². The van der Waals surface area contributed by atoms with Crippen LogP contribution in [0, 0.1) is 5.41 Å². The average molecular weight is 556 g/mol. The van der Waals surface area contributed by atoms with Crippen molar-refractivity contribution in [2.75, 3.05) is 23.7 Å². The van der Waals surface area contributed by atoms with E-state index >= 15 is 0 Å². The first kappa shape index (κ1) is 28.8. The molecule has 0 unspecified atom stereocenters. The molecule has 0 saturated heterocycles. The largest absolute Gasteiger partial charge is 0.748 e. The SMILES string of the molecule is CC1(C)CC(=O)C(S(=O)(=O)[O-])=C2Oc3cc(N(CCCCCC(=O)O)CCCS(=O)(=O)[O-])ccc3C=C21. The van der Waals surface area contributed by atoms with Crippen LogP contribution < -0.4 is 9.64 Å². The van der Waals surface area contributed by atoms with E-state index in [1.54, 1.807) is 38.1 Å². The summed E-state index contributed by atoms with van der Waals surface area (Å²) in [5.41, 5.74) is 0.863. The Bertz CT molecular complexity index is 1360. The highest BCUT2D eigenvalue weighted by atomic mass is 32.2. The predicted octanol–water partition coefficient (Wildman–Crippen LogP) is 2.60. The summed E-state index contributed by atoms with van der Waals surface area (Å²) in [5, 5.41) is 8.81. The highest BCUT2D eigenvalue weighted by molar-refractivity contribution is 7.90. The fourth-order valence-electron chi connectivity index (χ4n) is 4.50. The number of hydrogen-bond acceptors (Lipinski definition) is 10. The second kappa shape index (κ2) is 10.9. The minimum Gasteiger partial charge on any atom is -0.748 e. The van der Waals surface area contributed by atoms with Crippen molar-refractivity contribution < 1.29 is 45.4 Å². The van der Waals surface area contributed by atoms with Crippen LogP contribution in [0.4, 0.5) is 5.69 Å². The number of ether oxygens (including phenoxy) is 1. The van der Waals surface area contributed by atoms with Gasteiger partial charge in [-0.1, -0.05) is 20.3 Å². The van der Waals surface area contributed by atoms with Gasteiger partial charge in [0.2, 0.25) is 0 Å². The van der Waals surface area contributed by atoms with E-state index in [1.165, 1.54) is 0 Å². The van der Waals surface area contributed by atoms with E-state index in [-0.39, 0.29) is 37.3 Å². The Labute approximate surface area is 216 Å². The maximum atomic E-state index is 12.5. The summed E-state index contributed by atoms with van der Waals surface area (Å²) in [7, 11) is -9.50. The van der Waals surface area contributed by atoms with Gasteiger partial charge in [0.25, 0.3) is 0 Å². The zero-order valence-corrected chi connectivity index (χ0v) is 22.2. The summed E-state index contributed by atoms with van der Waals surface area (Å²) in [4.78, 5) is 24.2. The molecule has 0 aromatic heterocycles. The number of hydrogen-bond donors (Lipinski definition) is 1. The number of allylic oxidation sites excluding steroid dienone is 2. The van der Waals surface area contributed by atoms with E-state index < -0.39 is 48.1 Å². The standard InChI is InChI=1S/C24H31NO10S2/c1-24(2)15-19(26)23(37(32,33)34)22-18(24)13-16-8-9-17(14-20(16)35-22)25(11-6-12-36(29,30)31)10-5-3-4-7-21(27)28/h8-9,13-14H,3-7,10-12,15H2,1-2H3,(H,27,28)(H,29,30,31)(H,32,33,34)/p-2. The number of unbranched alkanes of at least 4 members (excludes halogenated alkanes) is 2. The molecule has 13 heteroatoms. The first-order valence-corrected chi connectivity index (χ1v) is 14.8. The van der Waals surface area contributed by atoms with Crippen molar-refractivity contribution in [3.8, 4) is 5.75 Å². The van der Waals surface area contributed by atoms with Crippen molar-refractivity contribution in [1.82, 2.24) is 0 Å². The number of benzene rings is 1. The highest BCUT2D eigenvalue weighted by Gasteiger charge is 2.42. The fraction of sp³-hybridized carbons (Fsp3) is 0.500. The first-order valence-electron chi connectivity index (χ1n) is 11.8. The molecule has 0 spiro atoms. The smallest absolute Gasteiger partial charge is 0.303 e. The summed E-state index contributed by atoms with van der Waals surface area (Å²) < 4.78 is 74.8. The molecule has 1 aliphatic heterocycles. The number of ketones is 1. The van der Waals surface area contributed by atoms with Crippen molar-refractivity contribution in [1.29, 1.82) is 0 Å². The fourth-order valence-corrected chi connectivity index (χ4v) is 5.71. The molecule has 0 amide bonds. The minimum absolute atomic E-state index is 0.0327. The topological polar surface area (TPSA) is 181 Å². The second-order valence-corrected chi connectivity index (χ2v) is 12.6. The Balaban J connectivity index is 1.93. The van der Waals surface area contributed by atoms with E-state index in [2.05, 4.69) is 0 Å². The molecule has 0 bridgehead atoms. The maximum absolute atomic E-state index is 12.5. The van der Waals surface area contributed by atoms with Crippen LogP contribution in [0.15, 0.2) is 34.4 Å². The van der Waals surface area contributed by atoms with Gasteiger partial charge in [-0.2, -0.15) is 0 Å². The molecule has 1 aliphatic carbocycles. The van der Waals surface area contributed by atoms with Crippen LogP contribution in [0.5, 0.6) is 5.75 Å². The summed E-state index contributed by atoms with van der Waals surface area (Å²) >= 11 is 0. The summed E-state index contributed by atoms with van der Waals surface area (Å²) in [6.07, 6.45) is 3.32. The Hall–Kier alpha value is -2.74. The third kappa shape index (κ3) is 7.40. The van der Waals surface area contributed by atoms with Crippen molar-refractivity contribution in [3.05, 3.63) is 40.0 Å². The zero-order chi connectivity index (χ0) is 27.6. The molecule has 1 heterocycles. The van der Waals surface area contributed by atoms with E-state index in [9.17, 15) is 35.5 Å². The van der Waals surface area contributed by atoms with Gasteiger partial charge in [-0.05, 0) is 37.5 Å². The number of fused-ring (bicyclic) bond motifs is 2. The molecule has 0 saturated carbocycles. The Morgan fingerprint density at radius 2 is 1.76 bits per heavy atom. The van der Waals surface area contributed by atoms with Crippen LogP contribution in [-0.2, 0) is 29.8 Å². The van der Waals surface area contributed by atoms with Gasteiger partial charge in [0.15, 0.2) is 11.5 Å². The average Bonchev–Trinajstić information content (AvgIpc) is 2.74. The van der Waals surface area contributed by atoms with E-state index in [0.29, 0.717) is 42.6 Å². The van der Waals surface area contributed by atoms with Gasteiger partial charge in [-0.3, -0.25) is 9.59 Å². The summed E-state index contributed by atoms with van der Waals surface area (Å²) in [6, 6.07) is 5.09. The van der Waals surface area contributed by atoms with Gasteiger partial charge in [0.05, 0.1) is 10.1 Å². The molecule has 0 radical (unpaired) electrons. The monoisotopic (exact) mass is 555 g/mol. The number of carbonyl (C=O) groups is 2. The molecule has 1 N–H and O–H groups in total. The van der Waals surface area contributed by atoms with Crippen molar-refractivity contribution in [2.24, 2.45) is 5.41 Å². The molecule has 0 atom stereocenters. The minimum atomic E-state index is -5.10. The van der Waals surface area contributed by atoms with Crippen LogP contribution >= 0.6 is 0 Å². The third-order valence-corrected chi connectivity index (χ3v) is 8.00. The molecule has 1 aromatic carbocycles. The van der Waals surface area contributed by atoms with Crippen molar-refractivity contribution >= 4 is 43.8 Å². The third-order valence-electron chi connectivity index (χ3n) is 6.30. The van der Waals surface area contributed by atoms with Gasteiger partial charge >= 0.3 is 5.97 Å². The highest BCUT2D eigenvalue weighted by Crippen LogP contribution is 2.48. The van der Waals surface area contributed by atoms with Gasteiger partial charge < -0.3 is 23.8 Å². The number of Topliss-reactive ketones (excluding diaryl/α,β-unsaturated/α-hetero) is 1. The first-order chi connectivity index (χ1) is 17.1. The van der Waals surface area contributed by atoms with E-state index in [1.807, 2.05) is 4.90 Å². The van der Waals surface area contributed by atoms with Crippen LogP contribution in [0.3, 0.4) is 0 Å². The summed E-state index contributed by atoms with van der Waals surface area (Å²) in [6.45, 7) is 4.16. The second-order valence-electron chi connectivity index (χ2n) is 9.79. The lowest BCUT2D eigenvalue weighted by atomic mass is 9.73. The molecule has 11 nitrogen and oxygen atoms in total. The molecule has 204 valence electrons. The molecule has 0 fully saturated rings. The Morgan fingerprint density at radius 1 is 1.08 bits per heavy atom. The lowest BCUT2D eigenvalue weighted by Crippen LogP contribution is -2.34. The van der Waals surface area contributed by atoms with Crippen molar-refractivity contribution in [2.45, 2.75) is 52.4 Å². The van der Waals surface area contributed by atoms with E-state index in [0.717, 1.165) is 0 Å². The number of nitrogens with zero attached hydrogens (tertiary/aromatic N) is 1. The molecular formula is C24H29NO10S2-2. The van der Waals surface area contributed by atoms with Crippen LogP contribution in [0.1, 0.15) is 57.9 Å². The number of carboxylic acids is 1. The molecule has 1 aromatic rings. The molecule has 3 rings (SSSR count). The van der Waals surface area contributed by atoms with Crippen LogP contribution in [-0.4, -0.2) is 61.6 Å². The quantitative estimate of drug-likeness (QED) is 0.296. The number of rotatable bonds is 12. The van der Waals surface area contributed by atoms with Gasteiger partial charge in [0, 0.05) is 60.0 Å². The number of carbonyl (C=O) groups excluding carboxylic acids is 1. The molecule has 37 heavy (non-hydrogen) atoms. The number of aliphatic carboxylic acids is 1. The lowest BCUT2D eigenvalue weighted by Gasteiger charge is -2.37. The van der Waals surface area contributed by atoms with Crippen LogP contribution in [0.2, 0.25) is 0 Å². The predicted molar refractivity (Wildman–Crippen MR) is 133 cm³/mol. The van der Waals surface area contributed by atoms with Crippen molar-refractivity contribution in [3.63, 3.8) is 0 Å². The maximum Gasteiger partial charge on any atom is 0.303 e. The Morgan fingerprint density at radius 3 is 2.38 bits per heavy atom. The zero-order valence-electron chi connectivity index (χ0n) is 20.6. The molecule has 2 aliphatic rings. The number of carboxylic acid groups (broad SMARTS) is 1. The van der Waals surface area contributed by atoms with Gasteiger partial charge in [-0.25, -0.2) is 16.8 Å². The Kier molecular flexibility index (Phi) is 8.52. The summed E-state index contributed by atoms with van der Waals surface area (Å²) in [5.74, 6) is -2.32. The molecular weight excluding hydrogens is 526 g/mol. The normalized spacial score (nSPS) is 17.0. The van der Waals surface area contributed by atoms with Gasteiger partial charge in [-0.15, -0.1) is 0 Å². The van der Waals surface area contributed by atoms with E-state index in [4.69, 9.17) is 9.84 Å².